The quantitative estimate of drug-likeness (QED) is 0.0535. The van der Waals surface area contributed by atoms with E-state index in [0.29, 0.717) is 28.4 Å². The van der Waals surface area contributed by atoms with Crippen molar-refractivity contribution in [2.24, 2.45) is 0 Å². The summed E-state index contributed by atoms with van der Waals surface area (Å²) in [7, 11) is 0. The van der Waals surface area contributed by atoms with Crippen LogP contribution < -0.4 is 10.6 Å². The summed E-state index contributed by atoms with van der Waals surface area (Å²) in [6.07, 6.45) is -0.517. The molecule has 3 rings (SSSR count). The van der Waals surface area contributed by atoms with E-state index in [-0.39, 0.29) is 31.3 Å². The van der Waals surface area contributed by atoms with Crippen molar-refractivity contribution >= 4 is 41.6 Å². The second-order valence-corrected chi connectivity index (χ2v) is 14.7. The van der Waals surface area contributed by atoms with Crippen LogP contribution in [0.5, 0.6) is 0 Å². The smallest absolute Gasteiger partial charge is 0.407 e. The van der Waals surface area contributed by atoms with E-state index in [9.17, 15) is 14.4 Å². The van der Waals surface area contributed by atoms with Crippen molar-refractivity contribution in [2.45, 2.75) is 52.0 Å². The molecule has 0 aromatic heterocycles. The maximum Gasteiger partial charge on any atom is 0.407 e. The predicted octanol–water partition coefficient (Wildman–Crippen LogP) is 7.54. The van der Waals surface area contributed by atoms with Crippen LogP contribution in [0.1, 0.15) is 49.9 Å². The third-order valence-corrected chi connectivity index (χ3v) is 9.60. The van der Waals surface area contributed by atoms with Gasteiger partial charge >= 0.3 is 18.0 Å². The predicted molar refractivity (Wildman–Crippen MR) is 200 cm³/mol. The van der Waals surface area contributed by atoms with Gasteiger partial charge in [-0.3, -0.25) is 0 Å². The molecule has 8 nitrogen and oxygen atoms in total. The van der Waals surface area contributed by atoms with Gasteiger partial charge in [0.1, 0.15) is 19.8 Å². The molecular weight excluding hydrogens is 657 g/mol. The highest BCUT2D eigenvalue weighted by atomic mass is 32.2. The molecule has 49 heavy (non-hydrogen) atoms. The molecule has 3 aromatic carbocycles. The molecule has 0 bridgehead atoms. The molecule has 262 valence electrons. The molecule has 3 aromatic rings. The van der Waals surface area contributed by atoms with Gasteiger partial charge in [-0.25, -0.2) is 14.4 Å². The van der Waals surface area contributed by atoms with Crippen LogP contribution in [0.25, 0.3) is 0 Å². The Bertz CT molecular complexity index is 1540. The Morgan fingerprint density at radius 2 is 1.14 bits per heavy atom. The molecule has 0 heterocycles. The Labute approximate surface area is 299 Å². The van der Waals surface area contributed by atoms with Crippen molar-refractivity contribution in [1.82, 2.24) is 10.6 Å². The number of hydrogen-bond donors (Lipinski definition) is 2. The number of carbonyl (C=O) groups excluding carboxylic acids is 3. The summed E-state index contributed by atoms with van der Waals surface area (Å²) in [5.41, 5.74) is 3.66. The number of alkyl carbamates (subject to hydrolysis) is 1. The first kappa shape index (κ1) is 39.4. The van der Waals surface area contributed by atoms with E-state index in [0.717, 1.165) is 34.6 Å². The lowest BCUT2D eigenvalue weighted by molar-refractivity contribution is -0.141. The van der Waals surface area contributed by atoms with E-state index in [4.69, 9.17) is 14.2 Å². The van der Waals surface area contributed by atoms with Crippen molar-refractivity contribution < 1.29 is 28.6 Å². The fourth-order valence-electron chi connectivity index (χ4n) is 4.55. The largest absolute Gasteiger partial charge is 0.457 e. The molecule has 0 aliphatic carbocycles. The van der Waals surface area contributed by atoms with E-state index >= 15 is 0 Å². The maximum atomic E-state index is 12.6. The minimum absolute atomic E-state index is 0.191. The molecule has 0 saturated carbocycles. The van der Waals surface area contributed by atoms with Crippen molar-refractivity contribution in [2.75, 3.05) is 36.2 Å². The molecule has 2 N–H and O–H groups in total. The molecule has 0 atom stereocenters. The summed E-state index contributed by atoms with van der Waals surface area (Å²) in [5.74, 6) is 1.38. The number of thioether (sulfide) groups is 2. The van der Waals surface area contributed by atoms with E-state index in [1.54, 1.807) is 11.8 Å². The van der Waals surface area contributed by atoms with Gasteiger partial charge in [-0.05, 0) is 49.9 Å². The highest BCUT2D eigenvalue weighted by Gasteiger charge is 2.27. The number of ether oxygens (including phenoxy) is 3. The van der Waals surface area contributed by atoms with E-state index in [1.807, 2.05) is 86.6 Å². The summed E-state index contributed by atoms with van der Waals surface area (Å²) >= 11 is 3.07. The number of rotatable bonds is 20. The van der Waals surface area contributed by atoms with Crippen molar-refractivity contribution in [3.05, 3.63) is 131 Å². The highest BCUT2D eigenvalue weighted by molar-refractivity contribution is 7.99. The second-order valence-electron chi connectivity index (χ2n) is 12.5. The molecule has 10 heteroatoms. The highest BCUT2D eigenvalue weighted by Crippen LogP contribution is 2.27. The van der Waals surface area contributed by atoms with Crippen molar-refractivity contribution in [3.63, 3.8) is 0 Å². The average Bonchev–Trinajstić information content (AvgIpc) is 3.09. The summed E-state index contributed by atoms with van der Waals surface area (Å²) in [6, 6.07) is 27.2. The topological polar surface area (TPSA) is 103 Å². The van der Waals surface area contributed by atoms with Gasteiger partial charge in [0, 0.05) is 46.2 Å². The SMILES string of the molecule is C=C(CSCCNC(C)(C)c1cccc(C(C)(C)NC(=O)OCCSCC(=C)C(=O)OCc2ccccc2)c1)C(=O)OCc1ccccc1. The van der Waals surface area contributed by atoms with Gasteiger partial charge in [0.15, 0.2) is 0 Å². The Hall–Kier alpha value is -3.99. The van der Waals surface area contributed by atoms with E-state index in [1.165, 1.54) is 11.8 Å². The molecule has 0 saturated heterocycles. The minimum Gasteiger partial charge on any atom is -0.457 e. The Morgan fingerprint density at radius 3 is 1.67 bits per heavy atom. The third kappa shape index (κ3) is 14.2. The third-order valence-electron chi connectivity index (χ3n) is 7.55. The van der Waals surface area contributed by atoms with Crippen LogP contribution in [0.3, 0.4) is 0 Å². The molecule has 0 unspecified atom stereocenters. The first-order valence-electron chi connectivity index (χ1n) is 16.1. The number of benzene rings is 3. The van der Waals surface area contributed by atoms with Gasteiger partial charge < -0.3 is 24.8 Å². The fourth-order valence-corrected chi connectivity index (χ4v) is 6.01. The molecule has 0 spiro atoms. The van der Waals surface area contributed by atoms with Gasteiger partial charge in [0.05, 0.1) is 5.54 Å². The van der Waals surface area contributed by atoms with Gasteiger partial charge in [-0.1, -0.05) is 98.1 Å². The summed E-state index contributed by atoms with van der Waals surface area (Å²) < 4.78 is 16.1. The minimum atomic E-state index is -0.682. The lowest BCUT2D eigenvalue weighted by Gasteiger charge is -2.31. The zero-order valence-corrected chi connectivity index (χ0v) is 30.6. The Balaban J connectivity index is 1.34. The van der Waals surface area contributed by atoms with Crippen molar-refractivity contribution in [3.8, 4) is 0 Å². The van der Waals surface area contributed by atoms with Crippen LogP contribution in [0.15, 0.2) is 109 Å². The van der Waals surface area contributed by atoms with Gasteiger partial charge in [0.2, 0.25) is 0 Å². The Kier molecular flexibility index (Phi) is 16.0. The molecule has 0 fully saturated rings. The fraction of sp³-hybridized carbons (Fsp3) is 0.359. The normalized spacial score (nSPS) is 11.3. The van der Waals surface area contributed by atoms with Crippen LogP contribution in [0.2, 0.25) is 0 Å². The first-order chi connectivity index (χ1) is 23.4. The van der Waals surface area contributed by atoms with E-state index in [2.05, 4.69) is 49.8 Å². The van der Waals surface area contributed by atoms with Crippen LogP contribution in [0.4, 0.5) is 4.79 Å². The summed E-state index contributed by atoms with van der Waals surface area (Å²) in [5, 5.41) is 6.56. The monoisotopic (exact) mass is 704 g/mol. The standard InChI is InChI=1S/C39H48N2O6S2/c1-29(35(42)46-25-31-14-9-7-10-15-31)27-48-22-20-40-38(3,4)33-18-13-19-34(24-33)39(5,6)41-37(44)45-21-23-49-28-30(2)36(43)47-26-32-16-11-8-12-17-32/h7-19,24,40H,1-2,20-23,25-28H2,3-6H3,(H,41,44). The number of hydrogen-bond acceptors (Lipinski definition) is 9. The Morgan fingerprint density at radius 1 is 0.653 bits per heavy atom. The second kappa shape index (κ2) is 19.9. The molecule has 0 aliphatic rings. The first-order valence-corrected chi connectivity index (χ1v) is 18.4. The van der Waals surface area contributed by atoms with Crippen LogP contribution in [0, 0.1) is 0 Å². The summed E-state index contributed by atoms with van der Waals surface area (Å²) in [4.78, 5) is 37.1. The number of nitrogens with one attached hydrogen (secondary N) is 2. The van der Waals surface area contributed by atoms with Gasteiger partial charge in [0.25, 0.3) is 0 Å². The lowest BCUT2D eigenvalue weighted by atomic mass is 9.87. The molecular formula is C39H48N2O6S2. The zero-order chi connectivity index (χ0) is 35.7. The summed E-state index contributed by atoms with van der Waals surface area (Å²) in [6.45, 7) is 17.1. The van der Waals surface area contributed by atoms with Gasteiger partial charge in [-0.15, -0.1) is 0 Å². The van der Waals surface area contributed by atoms with Crippen LogP contribution in [-0.2, 0) is 48.1 Å². The zero-order valence-electron chi connectivity index (χ0n) is 28.9. The molecule has 0 aliphatic heterocycles. The maximum absolute atomic E-state index is 12.6. The van der Waals surface area contributed by atoms with E-state index < -0.39 is 17.6 Å². The number of esters is 2. The van der Waals surface area contributed by atoms with Crippen LogP contribution in [-0.4, -0.2) is 54.2 Å². The molecule has 0 radical (unpaired) electrons. The van der Waals surface area contributed by atoms with Gasteiger partial charge in [-0.2, -0.15) is 23.5 Å². The van der Waals surface area contributed by atoms with Crippen molar-refractivity contribution in [1.29, 1.82) is 0 Å². The average molecular weight is 705 g/mol. The molecule has 1 amide bonds. The lowest BCUT2D eigenvalue weighted by Crippen LogP contribution is -2.42. The number of amides is 1. The van der Waals surface area contributed by atoms with Crippen LogP contribution >= 0.6 is 23.5 Å². The number of carbonyl (C=O) groups is 3.